The van der Waals surface area contributed by atoms with Crippen molar-refractivity contribution in [1.29, 1.82) is 0 Å². The maximum absolute atomic E-state index is 9.03. The molecular weight excluding hydrogens is 178 g/mol. The van der Waals surface area contributed by atoms with Gasteiger partial charge in [-0.1, -0.05) is 17.7 Å². The number of aliphatic hydroxyl groups is 1. The van der Waals surface area contributed by atoms with E-state index >= 15 is 0 Å². The van der Waals surface area contributed by atoms with Crippen molar-refractivity contribution in [3.63, 3.8) is 0 Å². The minimum Gasteiger partial charge on any atom is -0.493 e. The van der Waals surface area contributed by atoms with Gasteiger partial charge in [0.05, 0.1) is 19.3 Å². The van der Waals surface area contributed by atoms with Crippen LogP contribution in [0, 0.1) is 6.92 Å². The first-order valence-electron chi connectivity index (χ1n) is 4.85. The van der Waals surface area contributed by atoms with E-state index in [1.165, 1.54) is 11.1 Å². The molecule has 3 N–H and O–H groups in total. The van der Waals surface area contributed by atoms with E-state index in [2.05, 4.69) is 6.07 Å². The molecule has 0 bridgehead atoms. The lowest BCUT2D eigenvalue weighted by molar-refractivity contribution is 0.263. The molecule has 1 aliphatic heterocycles. The van der Waals surface area contributed by atoms with Gasteiger partial charge in [0.25, 0.3) is 0 Å². The zero-order valence-corrected chi connectivity index (χ0v) is 8.29. The fourth-order valence-electron chi connectivity index (χ4n) is 1.88. The van der Waals surface area contributed by atoms with Crippen LogP contribution in [-0.2, 0) is 6.42 Å². The zero-order valence-electron chi connectivity index (χ0n) is 8.29. The molecule has 0 spiro atoms. The third kappa shape index (κ3) is 1.49. The molecule has 1 aromatic rings. The first kappa shape index (κ1) is 9.49. The zero-order chi connectivity index (χ0) is 10.1. The number of fused-ring (bicyclic) bond motifs is 1. The van der Waals surface area contributed by atoms with E-state index in [-0.39, 0.29) is 12.6 Å². The van der Waals surface area contributed by atoms with E-state index in [1.807, 2.05) is 13.0 Å². The Morgan fingerprint density at radius 3 is 3.07 bits per heavy atom. The highest BCUT2D eigenvalue weighted by Gasteiger charge is 2.20. The number of rotatable bonds is 2. The van der Waals surface area contributed by atoms with E-state index in [1.54, 1.807) is 0 Å². The van der Waals surface area contributed by atoms with Gasteiger partial charge in [-0.3, -0.25) is 0 Å². The smallest absolute Gasteiger partial charge is 0.127 e. The number of hydrogen-bond donors (Lipinski definition) is 2. The Labute approximate surface area is 83.5 Å². The number of benzene rings is 1. The number of nitrogens with two attached hydrogens (primary N) is 1. The minimum atomic E-state index is -0.332. The molecule has 3 nitrogen and oxygen atoms in total. The lowest BCUT2D eigenvalue weighted by Crippen LogP contribution is -2.15. The molecule has 3 heteroatoms. The van der Waals surface area contributed by atoms with Crippen LogP contribution in [0.1, 0.15) is 22.7 Å². The van der Waals surface area contributed by atoms with Crippen LogP contribution in [0.25, 0.3) is 0 Å². The summed E-state index contributed by atoms with van der Waals surface area (Å²) in [4.78, 5) is 0. The molecule has 1 atom stereocenters. The van der Waals surface area contributed by atoms with Crippen molar-refractivity contribution in [1.82, 2.24) is 0 Å². The molecule has 1 aromatic carbocycles. The van der Waals surface area contributed by atoms with Crippen molar-refractivity contribution in [3.05, 3.63) is 28.8 Å². The van der Waals surface area contributed by atoms with Crippen molar-refractivity contribution >= 4 is 0 Å². The summed E-state index contributed by atoms with van der Waals surface area (Å²) in [6.07, 6.45) is 0.947. The fraction of sp³-hybridized carbons (Fsp3) is 0.455. The molecule has 0 amide bonds. The number of aryl methyl sites for hydroxylation is 1. The van der Waals surface area contributed by atoms with Gasteiger partial charge in [-0.25, -0.2) is 0 Å². The molecule has 1 aliphatic rings. The van der Waals surface area contributed by atoms with Crippen molar-refractivity contribution in [2.45, 2.75) is 19.4 Å². The first-order valence-corrected chi connectivity index (χ1v) is 4.85. The summed E-state index contributed by atoms with van der Waals surface area (Å²) in [6.45, 7) is 2.72. The van der Waals surface area contributed by atoms with Gasteiger partial charge in [0, 0.05) is 12.0 Å². The number of aliphatic hydroxyl groups excluding tert-OH is 1. The Morgan fingerprint density at radius 2 is 2.36 bits per heavy atom. The van der Waals surface area contributed by atoms with Gasteiger partial charge in [0.2, 0.25) is 0 Å². The average molecular weight is 193 g/mol. The standard InChI is InChI=1S/C11H15NO2/c1-7-4-8-2-3-14-11(8)9(5-7)10(12)6-13/h4-5,10,13H,2-3,6,12H2,1H3. The summed E-state index contributed by atoms with van der Waals surface area (Å²) in [5.74, 6) is 0.886. The molecule has 2 rings (SSSR count). The molecule has 1 heterocycles. The summed E-state index contributed by atoms with van der Waals surface area (Å²) in [6, 6.07) is 3.78. The maximum atomic E-state index is 9.03. The van der Waals surface area contributed by atoms with Crippen LogP contribution < -0.4 is 10.5 Å². The summed E-state index contributed by atoms with van der Waals surface area (Å²) >= 11 is 0. The van der Waals surface area contributed by atoms with Crippen LogP contribution >= 0.6 is 0 Å². The molecule has 0 fully saturated rings. The summed E-state index contributed by atoms with van der Waals surface area (Å²) < 4.78 is 5.52. The molecule has 0 saturated heterocycles. The maximum Gasteiger partial charge on any atom is 0.127 e. The molecule has 76 valence electrons. The predicted octanol–water partition coefficient (Wildman–Crippen LogP) is 0.922. The second-order valence-electron chi connectivity index (χ2n) is 3.73. The molecule has 1 unspecified atom stereocenters. The van der Waals surface area contributed by atoms with Crippen molar-refractivity contribution in [2.24, 2.45) is 5.73 Å². The molecular formula is C11H15NO2. The fourth-order valence-corrected chi connectivity index (χ4v) is 1.88. The topological polar surface area (TPSA) is 55.5 Å². The molecule has 0 aliphatic carbocycles. The number of ether oxygens (including phenoxy) is 1. The highest BCUT2D eigenvalue weighted by atomic mass is 16.5. The molecule has 0 radical (unpaired) electrons. The van der Waals surface area contributed by atoms with Gasteiger partial charge in [0.15, 0.2) is 0 Å². The lowest BCUT2D eigenvalue weighted by atomic mass is 10.00. The SMILES string of the molecule is Cc1cc2c(c(C(N)CO)c1)OCC2. The highest BCUT2D eigenvalue weighted by Crippen LogP contribution is 2.33. The van der Waals surface area contributed by atoms with Crippen LogP contribution in [0.5, 0.6) is 5.75 Å². The van der Waals surface area contributed by atoms with Crippen molar-refractivity contribution in [3.8, 4) is 5.75 Å². The Balaban J connectivity index is 2.48. The van der Waals surface area contributed by atoms with Crippen LogP contribution in [0.2, 0.25) is 0 Å². The van der Waals surface area contributed by atoms with Crippen LogP contribution in [0.4, 0.5) is 0 Å². The largest absolute Gasteiger partial charge is 0.493 e. The quantitative estimate of drug-likeness (QED) is 0.734. The van der Waals surface area contributed by atoms with Crippen molar-refractivity contribution in [2.75, 3.05) is 13.2 Å². The summed E-state index contributed by atoms with van der Waals surface area (Å²) in [7, 11) is 0. The Morgan fingerprint density at radius 1 is 1.57 bits per heavy atom. The Hall–Kier alpha value is -1.06. The van der Waals surface area contributed by atoms with E-state index in [0.717, 1.165) is 24.3 Å². The van der Waals surface area contributed by atoms with E-state index in [0.29, 0.717) is 0 Å². The van der Waals surface area contributed by atoms with Gasteiger partial charge in [-0.05, 0) is 12.5 Å². The van der Waals surface area contributed by atoms with Gasteiger partial charge < -0.3 is 15.6 Å². The van der Waals surface area contributed by atoms with Crippen molar-refractivity contribution < 1.29 is 9.84 Å². The van der Waals surface area contributed by atoms with Gasteiger partial charge >= 0.3 is 0 Å². The van der Waals surface area contributed by atoms with Gasteiger partial charge in [-0.2, -0.15) is 0 Å². The van der Waals surface area contributed by atoms with Gasteiger partial charge in [-0.15, -0.1) is 0 Å². The molecule has 0 aromatic heterocycles. The average Bonchev–Trinajstić information content (AvgIpc) is 2.62. The monoisotopic (exact) mass is 193 g/mol. The Bertz CT molecular complexity index is 349. The van der Waals surface area contributed by atoms with Crippen LogP contribution in [0.3, 0.4) is 0 Å². The second-order valence-corrected chi connectivity index (χ2v) is 3.73. The summed E-state index contributed by atoms with van der Waals surface area (Å²) in [5, 5.41) is 9.03. The normalized spacial score (nSPS) is 16.2. The third-order valence-electron chi connectivity index (χ3n) is 2.55. The second kappa shape index (κ2) is 3.59. The Kier molecular flexibility index (Phi) is 2.44. The highest BCUT2D eigenvalue weighted by molar-refractivity contribution is 5.48. The van der Waals surface area contributed by atoms with Gasteiger partial charge in [0.1, 0.15) is 5.75 Å². The predicted molar refractivity (Wildman–Crippen MR) is 54.4 cm³/mol. The summed E-state index contributed by atoms with van der Waals surface area (Å²) in [5.41, 5.74) is 9.12. The molecule has 14 heavy (non-hydrogen) atoms. The first-order chi connectivity index (χ1) is 6.72. The van der Waals surface area contributed by atoms with Crippen LogP contribution in [-0.4, -0.2) is 18.3 Å². The third-order valence-corrected chi connectivity index (χ3v) is 2.55. The van der Waals surface area contributed by atoms with E-state index < -0.39 is 0 Å². The van der Waals surface area contributed by atoms with E-state index in [9.17, 15) is 0 Å². The van der Waals surface area contributed by atoms with E-state index in [4.69, 9.17) is 15.6 Å². The minimum absolute atomic E-state index is 0.0424. The lowest BCUT2D eigenvalue weighted by Gasteiger charge is -2.14. The number of hydrogen-bond acceptors (Lipinski definition) is 3. The molecule has 0 saturated carbocycles. The van der Waals surface area contributed by atoms with Crippen LogP contribution in [0.15, 0.2) is 12.1 Å².